The smallest absolute Gasteiger partial charge is 0.159 e. The Morgan fingerprint density at radius 2 is 2.35 bits per heavy atom. The Kier molecular flexibility index (Phi) is 3.68. The Labute approximate surface area is 121 Å². The highest BCUT2D eigenvalue weighted by atomic mass is 35.5. The average molecular weight is 289 g/mol. The van der Waals surface area contributed by atoms with Crippen molar-refractivity contribution in [3.63, 3.8) is 0 Å². The maximum Gasteiger partial charge on any atom is 0.159 e. The number of halogens is 1. The zero-order valence-corrected chi connectivity index (χ0v) is 11.5. The van der Waals surface area contributed by atoms with Gasteiger partial charge in [-0.15, -0.1) is 0 Å². The van der Waals surface area contributed by atoms with Crippen molar-refractivity contribution in [2.75, 3.05) is 6.61 Å². The molecule has 0 N–H and O–H groups in total. The first-order valence-corrected chi connectivity index (χ1v) is 6.88. The average Bonchev–Trinajstić information content (AvgIpc) is 2.98. The predicted octanol–water partition coefficient (Wildman–Crippen LogP) is 3.17. The van der Waals surface area contributed by atoms with Crippen LogP contribution >= 0.6 is 11.6 Å². The maximum atomic E-state index is 8.82. The Morgan fingerprint density at radius 1 is 1.45 bits per heavy atom. The van der Waals surface area contributed by atoms with E-state index < -0.39 is 0 Å². The molecule has 3 rings (SSSR count). The molecule has 0 bridgehead atoms. The molecule has 0 radical (unpaired) electrons. The van der Waals surface area contributed by atoms with Gasteiger partial charge in [-0.2, -0.15) is 10.4 Å². The van der Waals surface area contributed by atoms with Crippen LogP contribution in [0.15, 0.2) is 24.5 Å². The first-order chi connectivity index (χ1) is 9.78. The van der Waals surface area contributed by atoms with E-state index >= 15 is 0 Å². The van der Waals surface area contributed by atoms with Crippen LogP contribution in [0, 0.1) is 11.3 Å². The van der Waals surface area contributed by atoms with Crippen molar-refractivity contribution in [1.29, 1.82) is 5.26 Å². The minimum absolute atomic E-state index is 0.0133. The normalized spacial score (nSPS) is 18.7. The van der Waals surface area contributed by atoms with Gasteiger partial charge >= 0.3 is 0 Å². The van der Waals surface area contributed by atoms with Crippen LogP contribution in [0.3, 0.4) is 0 Å². The van der Waals surface area contributed by atoms with Crippen molar-refractivity contribution >= 4 is 11.6 Å². The minimum Gasteiger partial charge on any atom is -0.357 e. The van der Waals surface area contributed by atoms with Gasteiger partial charge in [-0.05, 0) is 31.4 Å². The quantitative estimate of drug-likeness (QED) is 0.851. The zero-order valence-electron chi connectivity index (χ0n) is 10.8. The second-order valence-electron chi connectivity index (χ2n) is 4.67. The molecule has 0 aromatic carbocycles. The van der Waals surface area contributed by atoms with Crippen molar-refractivity contribution in [2.24, 2.45) is 0 Å². The summed E-state index contributed by atoms with van der Waals surface area (Å²) in [6.07, 6.45) is 6.77. The van der Waals surface area contributed by atoms with Crippen LogP contribution in [0.5, 0.6) is 0 Å². The lowest BCUT2D eigenvalue weighted by molar-refractivity contribution is -0.0393. The Morgan fingerprint density at radius 3 is 3.05 bits per heavy atom. The first-order valence-electron chi connectivity index (χ1n) is 6.51. The molecule has 1 saturated heterocycles. The summed E-state index contributed by atoms with van der Waals surface area (Å²) in [4.78, 5) is 4.02. The van der Waals surface area contributed by atoms with Gasteiger partial charge in [0.15, 0.2) is 5.69 Å². The van der Waals surface area contributed by atoms with E-state index in [0.717, 1.165) is 37.1 Å². The second-order valence-corrected chi connectivity index (χ2v) is 5.08. The molecule has 0 amide bonds. The van der Waals surface area contributed by atoms with Gasteiger partial charge in [0.25, 0.3) is 0 Å². The third-order valence-corrected chi connectivity index (χ3v) is 3.59. The molecule has 2 aromatic rings. The van der Waals surface area contributed by atoms with E-state index in [1.165, 1.54) is 0 Å². The zero-order chi connectivity index (χ0) is 13.9. The van der Waals surface area contributed by atoms with Gasteiger partial charge in [-0.1, -0.05) is 11.6 Å². The van der Waals surface area contributed by atoms with Crippen molar-refractivity contribution in [3.8, 4) is 17.3 Å². The third kappa shape index (κ3) is 2.53. The molecule has 0 aliphatic carbocycles. The van der Waals surface area contributed by atoms with E-state index in [1.807, 2.05) is 23.0 Å². The summed E-state index contributed by atoms with van der Waals surface area (Å²) in [6.45, 7) is 0.782. The summed E-state index contributed by atoms with van der Waals surface area (Å²) >= 11 is 5.99. The number of nitriles is 1. The molecule has 1 aliphatic heterocycles. The van der Waals surface area contributed by atoms with Crippen LogP contribution in [0.2, 0.25) is 5.02 Å². The molecular weight excluding hydrogens is 276 g/mol. The lowest BCUT2D eigenvalue weighted by atomic mass is 10.2. The van der Waals surface area contributed by atoms with Crippen LogP contribution in [0.1, 0.15) is 31.2 Å². The first kappa shape index (κ1) is 13.1. The molecule has 2 aromatic heterocycles. The fourth-order valence-electron chi connectivity index (χ4n) is 2.25. The van der Waals surface area contributed by atoms with Crippen molar-refractivity contribution < 1.29 is 4.74 Å². The number of ether oxygens (including phenoxy) is 1. The number of aromatic nitrogens is 3. The van der Waals surface area contributed by atoms with Gasteiger partial charge in [-0.3, -0.25) is 0 Å². The van der Waals surface area contributed by atoms with Crippen molar-refractivity contribution in [1.82, 2.24) is 14.8 Å². The molecule has 20 heavy (non-hydrogen) atoms. The molecule has 1 fully saturated rings. The molecule has 1 unspecified atom stereocenters. The van der Waals surface area contributed by atoms with E-state index in [-0.39, 0.29) is 11.9 Å². The Balaban J connectivity index is 1.86. The summed E-state index contributed by atoms with van der Waals surface area (Å²) in [5, 5.41) is 13.7. The van der Waals surface area contributed by atoms with E-state index in [0.29, 0.717) is 5.02 Å². The predicted molar refractivity (Wildman–Crippen MR) is 74.0 cm³/mol. The number of pyridine rings is 1. The number of hydrogen-bond donors (Lipinski definition) is 0. The topological polar surface area (TPSA) is 63.7 Å². The summed E-state index contributed by atoms with van der Waals surface area (Å²) in [7, 11) is 0. The fraction of sp³-hybridized carbons (Fsp3) is 0.357. The van der Waals surface area contributed by atoms with Gasteiger partial charge in [0.1, 0.15) is 12.3 Å². The number of rotatable bonds is 2. The van der Waals surface area contributed by atoms with E-state index in [4.69, 9.17) is 21.6 Å². The summed E-state index contributed by atoms with van der Waals surface area (Å²) in [5.41, 5.74) is 1.80. The van der Waals surface area contributed by atoms with E-state index in [1.54, 1.807) is 12.3 Å². The van der Waals surface area contributed by atoms with Gasteiger partial charge in [-0.25, -0.2) is 9.67 Å². The number of nitrogens with zero attached hydrogens (tertiary/aromatic N) is 4. The van der Waals surface area contributed by atoms with Gasteiger partial charge in [0.2, 0.25) is 0 Å². The standard InChI is InChI=1S/C14H13ClN4O/c15-11-7-10(9-17-13(11)8-16)12-4-5-19(18-12)14-3-1-2-6-20-14/h4-5,7,9,14H,1-3,6H2. The molecule has 5 nitrogen and oxygen atoms in total. The molecular formula is C14H13ClN4O. The highest BCUT2D eigenvalue weighted by Gasteiger charge is 2.17. The SMILES string of the molecule is N#Cc1ncc(-c2ccn(C3CCCCO3)n2)cc1Cl. The van der Waals surface area contributed by atoms with Crippen LogP contribution in [-0.2, 0) is 4.74 Å². The maximum absolute atomic E-state index is 8.82. The largest absolute Gasteiger partial charge is 0.357 e. The molecule has 6 heteroatoms. The van der Waals surface area contributed by atoms with Crippen LogP contribution in [-0.4, -0.2) is 21.4 Å². The van der Waals surface area contributed by atoms with Gasteiger partial charge < -0.3 is 4.74 Å². The van der Waals surface area contributed by atoms with Crippen LogP contribution < -0.4 is 0 Å². The molecule has 102 valence electrons. The Bertz CT molecular complexity index is 655. The highest BCUT2D eigenvalue weighted by Crippen LogP contribution is 2.26. The van der Waals surface area contributed by atoms with E-state index in [2.05, 4.69) is 10.1 Å². The summed E-state index contributed by atoms with van der Waals surface area (Å²) < 4.78 is 7.52. The molecule has 3 heterocycles. The monoisotopic (exact) mass is 288 g/mol. The molecule has 0 saturated carbocycles. The van der Waals surface area contributed by atoms with Crippen LogP contribution in [0.25, 0.3) is 11.3 Å². The van der Waals surface area contributed by atoms with Crippen LogP contribution in [0.4, 0.5) is 0 Å². The van der Waals surface area contributed by atoms with Gasteiger partial charge in [0, 0.05) is 24.6 Å². The molecule has 0 spiro atoms. The lowest BCUT2D eigenvalue weighted by Crippen LogP contribution is -2.18. The van der Waals surface area contributed by atoms with Gasteiger partial charge in [0.05, 0.1) is 10.7 Å². The minimum atomic E-state index is 0.0133. The van der Waals surface area contributed by atoms with Crippen molar-refractivity contribution in [2.45, 2.75) is 25.5 Å². The summed E-state index contributed by atoms with van der Waals surface area (Å²) in [5.74, 6) is 0. The second kappa shape index (κ2) is 5.61. The molecule has 1 atom stereocenters. The Hall–Kier alpha value is -1.90. The van der Waals surface area contributed by atoms with Crippen molar-refractivity contribution in [3.05, 3.63) is 35.2 Å². The highest BCUT2D eigenvalue weighted by molar-refractivity contribution is 6.31. The number of hydrogen-bond acceptors (Lipinski definition) is 4. The fourth-order valence-corrected chi connectivity index (χ4v) is 2.45. The van der Waals surface area contributed by atoms with E-state index in [9.17, 15) is 0 Å². The summed E-state index contributed by atoms with van der Waals surface area (Å²) in [6, 6.07) is 5.55. The lowest BCUT2D eigenvalue weighted by Gasteiger charge is -2.22. The molecule has 1 aliphatic rings. The third-order valence-electron chi connectivity index (χ3n) is 3.30.